The predicted octanol–water partition coefficient (Wildman–Crippen LogP) is 4.50. The molecule has 0 spiro atoms. The lowest BCUT2D eigenvalue weighted by molar-refractivity contribution is -0.128. The van der Waals surface area contributed by atoms with E-state index in [1.807, 2.05) is 80.6 Å². The molecule has 0 aromatic heterocycles. The summed E-state index contributed by atoms with van der Waals surface area (Å²) in [6.45, 7) is 6.09. The van der Waals surface area contributed by atoms with Gasteiger partial charge in [0.15, 0.2) is 6.10 Å². The van der Waals surface area contributed by atoms with Gasteiger partial charge in [-0.05, 0) is 55.8 Å². The molecule has 4 heteroatoms. The van der Waals surface area contributed by atoms with E-state index in [0.29, 0.717) is 12.4 Å². The number of nitrogens with one attached hydrogen (secondary N) is 1. The molecule has 0 saturated carbocycles. The van der Waals surface area contributed by atoms with Crippen LogP contribution < -0.4 is 14.8 Å². The van der Waals surface area contributed by atoms with E-state index in [0.717, 1.165) is 16.5 Å². The number of fused-ring (bicyclic) bond motifs is 1. The van der Waals surface area contributed by atoms with Crippen LogP contribution in [0.15, 0.2) is 66.7 Å². The topological polar surface area (TPSA) is 47.6 Å². The number of amides is 1. The second-order valence-corrected chi connectivity index (χ2v) is 6.80. The van der Waals surface area contributed by atoms with E-state index in [-0.39, 0.29) is 11.9 Å². The number of rotatable bonds is 7. The monoisotopic (exact) mass is 363 g/mol. The summed E-state index contributed by atoms with van der Waals surface area (Å²) in [5, 5.41) is 5.16. The lowest BCUT2D eigenvalue weighted by Gasteiger charge is -2.19. The molecule has 0 fully saturated rings. The van der Waals surface area contributed by atoms with Crippen molar-refractivity contribution in [1.29, 1.82) is 0 Å². The molecule has 27 heavy (non-hydrogen) atoms. The zero-order chi connectivity index (χ0) is 19.2. The molecule has 0 unspecified atom stereocenters. The van der Waals surface area contributed by atoms with E-state index >= 15 is 0 Å². The summed E-state index contributed by atoms with van der Waals surface area (Å²) in [5.41, 5.74) is 1.18. The van der Waals surface area contributed by atoms with Crippen LogP contribution in [-0.2, 0) is 4.79 Å². The van der Waals surface area contributed by atoms with Crippen molar-refractivity contribution in [2.24, 2.45) is 0 Å². The van der Waals surface area contributed by atoms with Crippen LogP contribution in [-0.4, -0.2) is 24.7 Å². The van der Waals surface area contributed by atoms with E-state index in [2.05, 4.69) is 5.32 Å². The lowest BCUT2D eigenvalue weighted by Crippen LogP contribution is -2.43. The molecule has 1 amide bonds. The average molecular weight is 363 g/mol. The highest BCUT2D eigenvalue weighted by atomic mass is 16.5. The third kappa shape index (κ3) is 5.23. The average Bonchev–Trinajstić information content (AvgIpc) is 2.67. The van der Waals surface area contributed by atoms with Crippen LogP contribution in [0.5, 0.6) is 11.5 Å². The fraction of sp³-hybridized carbons (Fsp3) is 0.261. The number of hydrogen-bond donors (Lipinski definition) is 1. The van der Waals surface area contributed by atoms with Gasteiger partial charge < -0.3 is 14.8 Å². The van der Waals surface area contributed by atoms with E-state index in [1.54, 1.807) is 6.92 Å². The number of carbonyl (C=O) groups is 1. The van der Waals surface area contributed by atoms with Crippen LogP contribution in [0, 0.1) is 6.92 Å². The molecule has 3 aromatic carbocycles. The zero-order valence-corrected chi connectivity index (χ0v) is 15.9. The van der Waals surface area contributed by atoms with Gasteiger partial charge in [0, 0.05) is 0 Å². The van der Waals surface area contributed by atoms with Crippen molar-refractivity contribution in [1.82, 2.24) is 5.32 Å². The minimum atomic E-state index is -0.590. The van der Waals surface area contributed by atoms with Crippen LogP contribution in [0.1, 0.15) is 19.4 Å². The van der Waals surface area contributed by atoms with Crippen molar-refractivity contribution in [3.05, 3.63) is 72.3 Å². The number of aryl methyl sites for hydroxylation is 1. The third-order valence-corrected chi connectivity index (χ3v) is 4.31. The first kappa shape index (κ1) is 18.8. The Kier molecular flexibility index (Phi) is 5.97. The largest absolute Gasteiger partial charge is 0.491 e. The van der Waals surface area contributed by atoms with Gasteiger partial charge in [-0.3, -0.25) is 4.79 Å². The minimum absolute atomic E-state index is 0.124. The zero-order valence-electron chi connectivity index (χ0n) is 15.9. The third-order valence-electron chi connectivity index (χ3n) is 4.31. The molecule has 3 aromatic rings. The number of hydrogen-bond acceptors (Lipinski definition) is 3. The van der Waals surface area contributed by atoms with Gasteiger partial charge in [0.25, 0.3) is 5.91 Å². The molecule has 3 rings (SSSR count). The van der Waals surface area contributed by atoms with Gasteiger partial charge in [0.2, 0.25) is 0 Å². The molecular formula is C23H25NO3. The minimum Gasteiger partial charge on any atom is -0.491 e. The first-order valence-corrected chi connectivity index (χ1v) is 9.16. The SMILES string of the molecule is Cc1ccc(OC[C@H](C)NC(=O)[C@H](C)Oc2ccc3ccccc3c2)cc1. The molecule has 4 nitrogen and oxygen atoms in total. The van der Waals surface area contributed by atoms with Crippen molar-refractivity contribution < 1.29 is 14.3 Å². The molecule has 1 N–H and O–H groups in total. The molecule has 0 aliphatic carbocycles. The van der Waals surface area contributed by atoms with E-state index in [9.17, 15) is 4.79 Å². The summed E-state index contributed by atoms with van der Waals surface area (Å²) >= 11 is 0. The van der Waals surface area contributed by atoms with Gasteiger partial charge in [-0.2, -0.15) is 0 Å². The van der Waals surface area contributed by atoms with E-state index in [1.165, 1.54) is 5.56 Å². The predicted molar refractivity (Wildman–Crippen MR) is 108 cm³/mol. The molecular weight excluding hydrogens is 338 g/mol. The van der Waals surface area contributed by atoms with Gasteiger partial charge >= 0.3 is 0 Å². The van der Waals surface area contributed by atoms with Crippen molar-refractivity contribution >= 4 is 16.7 Å². The van der Waals surface area contributed by atoms with Crippen LogP contribution in [0.2, 0.25) is 0 Å². The molecule has 0 saturated heterocycles. The summed E-state index contributed by atoms with van der Waals surface area (Å²) in [6.07, 6.45) is -0.590. The Hall–Kier alpha value is -3.01. The molecule has 0 radical (unpaired) electrons. The fourth-order valence-electron chi connectivity index (χ4n) is 2.76. The van der Waals surface area contributed by atoms with Gasteiger partial charge in [-0.15, -0.1) is 0 Å². The quantitative estimate of drug-likeness (QED) is 0.672. The highest BCUT2D eigenvalue weighted by Crippen LogP contribution is 2.21. The maximum atomic E-state index is 12.4. The number of carbonyl (C=O) groups excluding carboxylic acids is 1. The Morgan fingerprint density at radius 3 is 2.33 bits per heavy atom. The Balaban J connectivity index is 1.50. The summed E-state index contributed by atoms with van der Waals surface area (Å²) in [4.78, 5) is 12.4. The maximum Gasteiger partial charge on any atom is 0.261 e. The Morgan fingerprint density at radius 1 is 0.926 bits per heavy atom. The van der Waals surface area contributed by atoms with Crippen molar-refractivity contribution in [3.63, 3.8) is 0 Å². The van der Waals surface area contributed by atoms with Crippen molar-refractivity contribution in [2.45, 2.75) is 32.9 Å². The molecule has 0 aliphatic rings. The first-order chi connectivity index (χ1) is 13.0. The van der Waals surface area contributed by atoms with E-state index in [4.69, 9.17) is 9.47 Å². The van der Waals surface area contributed by atoms with Crippen molar-refractivity contribution in [3.8, 4) is 11.5 Å². The first-order valence-electron chi connectivity index (χ1n) is 9.16. The second-order valence-electron chi connectivity index (χ2n) is 6.80. The summed E-state index contributed by atoms with van der Waals surface area (Å²) in [7, 11) is 0. The summed E-state index contributed by atoms with van der Waals surface area (Å²) in [6, 6.07) is 21.6. The van der Waals surface area contributed by atoms with Gasteiger partial charge in [0.05, 0.1) is 6.04 Å². The van der Waals surface area contributed by atoms with Crippen LogP contribution in [0.25, 0.3) is 10.8 Å². The highest BCUT2D eigenvalue weighted by Gasteiger charge is 2.17. The van der Waals surface area contributed by atoms with Gasteiger partial charge in [-0.1, -0.05) is 48.0 Å². The standard InChI is InChI=1S/C23H25NO3/c1-16-8-11-21(12-9-16)26-15-17(2)24-23(25)18(3)27-22-13-10-19-6-4-5-7-20(19)14-22/h4-14,17-18H,15H2,1-3H3,(H,24,25)/t17-,18-/m0/s1. The molecule has 0 bridgehead atoms. The van der Waals surface area contributed by atoms with Crippen molar-refractivity contribution in [2.75, 3.05) is 6.61 Å². The van der Waals surface area contributed by atoms with Gasteiger partial charge in [0.1, 0.15) is 18.1 Å². The number of ether oxygens (including phenoxy) is 2. The lowest BCUT2D eigenvalue weighted by atomic mass is 10.1. The second kappa shape index (κ2) is 8.58. The normalized spacial score (nSPS) is 13.0. The Bertz CT molecular complexity index is 905. The summed E-state index contributed by atoms with van der Waals surface area (Å²) < 4.78 is 11.5. The van der Waals surface area contributed by atoms with E-state index < -0.39 is 6.10 Å². The van der Waals surface area contributed by atoms with Crippen LogP contribution >= 0.6 is 0 Å². The van der Waals surface area contributed by atoms with Gasteiger partial charge in [-0.25, -0.2) is 0 Å². The molecule has 0 aliphatic heterocycles. The number of benzene rings is 3. The molecule has 140 valence electrons. The fourth-order valence-corrected chi connectivity index (χ4v) is 2.76. The maximum absolute atomic E-state index is 12.4. The highest BCUT2D eigenvalue weighted by molar-refractivity contribution is 5.84. The molecule has 0 heterocycles. The Labute approximate surface area is 160 Å². The summed E-state index contributed by atoms with van der Waals surface area (Å²) in [5.74, 6) is 1.31. The Morgan fingerprint density at radius 2 is 1.59 bits per heavy atom. The smallest absolute Gasteiger partial charge is 0.261 e. The van der Waals surface area contributed by atoms with Crippen LogP contribution in [0.3, 0.4) is 0 Å². The van der Waals surface area contributed by atoms with Crippen LogP contribution in [0.4, 0.5) is 0 Å². The molecule has 2 atom stereocenters.